The Kier molecular flexibility index (Phi) is 9.43. The van der Waals surface area contributed by atoms with E-state index in [2.05, 4.69) is 19.9 Å². The van der Waals surface area contributed by atoms with Crippen molar-refractivity contribution in [3.05, 3.63) is 78.8 Å². The van der Waals surface area contributed by atoms with E-state index in [-0.39, 0.29) is 23.0 Å². The average Bonchev–Trinajstić information content (AvgIpc) is 3.44. The molecule has 2 N–H and O–H groups in total. The van der Waals surface area contributed by atoms with E-state index in [9.17, 15) is 22.8 Å². The number of hydrogen-bond donors (Lipinski definition) is 2. The smallest absolute Gasteiger partial charge is 0.418 e. The molecule has 13 nitrogen and oxygen atoms in total. The highest BCUT2D eigenvalue weighted by Crippen LogP contribution is 2.33. The first kappa shape index (κ1) is 33.3. The summed E-state index contributed by atoms with van der Waals surface area (Å²) in [6, 6.07) is 14.8. The summed E-state index contributed by atoms with van der Waals surface area (Å²) < 4.78 is 38.7. The first-order chi connectivity index (χ1) is 22.2. The van der Waals surface area contributed by atoms with E-state index in [0.29, 0.717) is 37.1 Å². The second-order valence-corrected chi connectivity index (χ2v) is 14.0. The lowest BCUT2D eigenvalue weighted by Crippen LogP contribution is -2.48. The molecule has 3 heterocycles. The second-order valence-electron chi connectivity index (χ2n) is 12.3. The van der Waals surface area contributed by atoms with Gasteiger partial charge < -0.3 is 19.7 Å². The second kappa shape index (κ2) is 13.3. The van der Waals surface area contributed by atoms with Crippen LogP contribution in [0.4, 0.5) is 32.3 Å². The third-order valence-corrected chi connectivity index (χ3v) is 8.18. The molecule has 0 spiro atoms. The number of aromatic nitrogens is 2. The van der Waals surface area contributed by atoms with Gasteiger partial charge in [-0.1, -0.05) is 6.07 Å². The lowest BCUT2D eigenvalue weighted by molar-refractivity contribution is 0.0544. The molecule has 2 aromatic carbocycles. The molecule has 1 saturated heterocycles. The van der Waals surface area contributed by atoms with Gasteiger partial charge in [0.1, 0.15) is 5.60 Å². The Morgan fingerprint density at radius 1 is 0.957 bits per heavy atom. The monoisotopic (exact) mass is 662 g/mol. The van der Waals surface area contributed by atoms with Crippen LogP contribution in [0.1, 0.15) is 44.0 Å². The zero-order valence-corrected chi connectivity index (χ0v) is 27.7. The fraction of sp³-hybridized carbons (Fsp3) is 0.333. The highest BCUT2D eigenvalue weighted by Gasteiger charge is 2.33. The Balaban J connectivity index is 1.48. The number of amides is 2. The van der Waals surface area contributed by atoms with Gasteiger partial charge >= 0.3 is 12.2 Å². The summed E-state index contributed by atoms with van der Waals surface area (Å²) in [6.45, 7) is 6.58. The number of rotatable bonds is 7. The minimum Gasteiger partial charge on any atom is -0.452 e. The quantitative estimate of drug-likeness (QED) is 0.254. The third-order valence-electron chi connectivity index (χ3n) is 7.58. The van der Waals surface area contributed by atoms with Gasteiger partial charge in [-0.05, 0) is 82.1 Å². The summed E-state index contributed by atoms with van der Waals surface area (Å²) in [5.74, 6) is -0.552. The molecule has 2 amide bonds. The van der Waals surface area contributed by atoms with Gasteiger partial charge in [0.15, 0.2) is 0 Å². The number of sulfonamides is 1. The predicted octanol–water partition coefficient (Wildman–Crippen LogP) is 5.69. The predicted molar refractivity (Wildman–Crippen MR) is 181 cm³/mol. The van der Waals surface area contributed by atoms with Crippen molar-refractivity contribution < 1.29 is 32.3 Å². The summed E-state index contributed by atoms with van der Waals surface area (Å²) in [5, 5.41) is 3.63. The summed E-state index contributed by atoms with van der Waals surface area (Å²) in [4.78, 5) is 47.8. The van der Waals surface area contributed by atoms with Gasteiger partial charge in [-0.2, -0.15) is 0 Å². The SMILES string of the molecule is COC(=O)N(c1cc(NS(C)(=O)=O)ccc1C(=O)Nc1ccc2ccn(C(=O)OC(C)(C)C)c2c1)C1CCN(c2ccncc2)CC1. The number of piperidine rings is 1. The lowest BCUT2D eigenvalue weighted by Gasteiger charge is -2.39. The highest BCUT2D eigenvalue weighted by atomic mass is 32.2. The molecular weight excluding hydrogens is 624 g/mol. The summed E-state index contributed by atoms with van der Waals surface area (Å²) >= 11 is 0. The maximum atomic E-state index is 13.9. The molecular formula is C33H38N6O7S. The van der Waals surface area contributed by atoms with E-state index in [1.165, 1.54) is 34.8 Å². The van der Waals surface area contributed by atoms with Gasteiger partial charge in [-0.15, -0.1) is 0 Å². The van der Waals surface area contributed by atoms with Crippen LogP contribution in [0.25, 0.3) is 10.9 Å². The zero-order valence-electron chi connectivity index (χ0n) is 26.9. The number of pyridine rings is 1. The number of ether oxygens (including phenoxy) is 2. The number of carbonyl (C=O) groups excluding carboxylic acids is 3. The van der Waals surface area contributed by atoms with E-state index < -0.39 is 33.7 Å². The molecule has 5 rings (SSSR count). The largest absolute Gasteiger partial charge is 0.452 e. The van der Waals surface area contributed by atoms with Crippen LogP contribution in [0.15, 0.2) is 73.2 Å². The number of fused-ring (bicyclic) bond motifs is 1. The van der Waals surface area contributed by atoms with Gasteiger partial charge in [0.2, 0.25) is 10.0 Å². The number of nitrogens with zero attached hydrogens (tertiary/aromatic N) is 4. The number of anilines is 4. The van der Waals surface area contributed by atoms with Crippen LogP contribution in [-0.2, 0) is 19.5 Å². The van der Waals surface area contributed by atoms with Crippen molar-refractivity contribution >= 4 is 61.8 Å². The van der Waals surface area contributed by atoms with E-state index >= 15 is 0 Å². The van der Waals surface area contributed by atoms with Crippen molar-refractivity contribution in [3.63, 3.8) is 0 Å². The number of benzene rings is 2. The van der Waals surface area contributed by atoms with Crippen LogP contribution >= 0.6 is 0 Å². The Labute approximate surface area is 273 Å². The Bertz CT molecular complexity index is 1900. The minimum absolute atomic E-state index is 0.119. The number of hydrogen-bond acceptors (Lipinski definition) is 9. The fourth-order valence-electron chi connectivity index (χ4n) is 5.55. The maximum Gasteiger partial charge on any atom is 0.418 e. The van der Waals surface area contributed by atoms with Crippen LogP contribution in [0, 0.1) is 0 Å². The number of methoxy groups -OCH3 is 1. The summed E-state index contributed by atoms with van der Waals surface area (Å²) in [5.41, 5.74) is 1.72. The molecule has 1 aliphatic heterocycles. The summed E-state index contributed by atoms with van der Waals surface area (Å²) in [6.07, 6.45) is 5.93. The Morgan fingerprint density at radius 3 is 2.28 bits per heavy atom. The highest BCUT2D eigenvalue weighted by molar-refractivity contribution is 7.92. The van der Waals surface area contributed by atoms with Crippen molar-refractivity contribution in [2.45, 2.75) is 45.3 Å². The van der Waals surface area contributed by atoms with Crippen LogP contribution < -0.4 is 19.8 Å². The Morgan fingerprint density at radius 2 is 1.64 bits per heavy atom. The van der Waals surface area contributed by atoms with Gasteiger partial charge in [0.25, 0.3) is 5.91 Å². The van der Waals surface area contributed by atoms with Crippen molar-refractivity contribution in [2.75, 3.05) is 46.3 Å². The van der Waals surface area contributed by atoms with Crippen molar-refractivity contribution in [1.82, 2.24) is 9.55 Å². The molecule has 0 bridgehead atoms. The normalized spacial score (nSPS) is 14.0. The topological polar surface area (TPSA) is 152 Å². The van der Waals surface area contributed by atoms with Gasteiger partial charge in [0, 0.05) is 54.5 Å². The number of carbonyl (C=O) groups is 3. The van der Waals surface area contributed by atoms with Gasteiger partial charge in [-0.25, -0.2) is 18.0 Å². The van der Waals surface area contributed by atoms with Gasteiger partial charge in [-0.3, -0.25) is 24.0 Å². The van der Waals surface area contributed by atoms with Crippen LogP contribution in [0.3, 0.4) is 0 Å². The molecule has 14 heteroatoms. The van der Waals surface area contributed by atoms with Crippen LogP contribution in [0.2, 0.25) is 0 Å². The van der Waals surface area contributed by atoms with E-state index in [1.807, 2.05) is 12.1 Å². The first-order valence-electron chi connectivity index (χ1n) is 15.0. The van der Waals surface area contributed by atoms with Crippen molar-refractivity contribution in [2.24, 2.45) is 0 Å². The Hall–Kier alpha value is -5.11. The van der Waals surface area contributed by atoms with Crippen LogP contribution in [0.5, 0.6) is 0 Å². The molecule has 0 saturated carbocycles. The number of nitrogens with one attached hydrogen (secondary N) is 2. The molecule has 0 aliphatic carbocycles. The molecule has 2 aromatic heterocycles. The molecule has 47 heavy (non-hydrogen) atoms. The first-order valence-corrected chi connectivity index (χ1v) is 16.9. The van der Waals surface area contributed by atoms with Crippen molar-refractivity contribution in [1.29, 1.82) is 0 Å². The van der Waals surface area contributed by atoms with Crippen LogP contribution in [-0.4, -0.2) is 74.2 Å². The van der Waals surface area contributed by atoms with E-state index in [1.54, 1.807) is 63.6 Å². The van der Waals surface area contributed by atoms with Crippen molar-refractivity contribution in [3.8, 4) is 0 Å². The molecule has 4 aromatic rings. The maximum absolute atomic E-state index is 13.9. The van der Waals surface area contributed by atoms with Gasteiger partial charge in [0.05, 0.1) is 35.8 Å². The minimum atomic E-state index is -3.66. The zero-order chi connectivity index (χ0) is 33.9. The van der Waals surface area contributed by atoms with E-state index in [4.69, 9.17) is 9.47 Å². The fourth-order valence-corrected chi connectivity index (χ4v) is 6.11. The standard InChI is InChI=1S/C33H38N6O7S/c1-33(2,3)46-31(41)38-19-12-22-6-7-23(20-28(22)38)35-30(40)27-9-8-24(36-47(5,43)44)21-29(27)39(32(42)45-4)26-13-17-37(18-14-26)25-10-15-34-16-11-25/h6-12,15-16,19-21,26,36H,13-14,17-18H2,1-5H3,(H,35,40). The summed E-state index contributed by atoms with van der Waals surface area (Å²) in [7, 11) is -2.41. The molecule has 1 fully saturated rings. The molecule has 1 aliphatic rings. The van der Waals surface area contributed by atoms with E-state index in [0.717, 1.165) is 17.3 Å². The molecule has 0 atom stereocenters. The lowest BCUT2D eigenvalue weighted by atomic mass is 10.0. The molecule has 0 radical (unpaired) electrons. The average molecular weight is 663 g/mol. The third kappa shape index (κ3) is 8.01. The molecule has 0 unspecified atom stereocenters. The molecule has 248 valence electrons.